The van der Waals surface area contributed by atoms with E-state index in [0.717, 1.165) is 11.3 Å². The fourth-order valence-corrected chi connectivity index (χ4v) is 2.20. The lowest BCUT2D eigenvalue weighted by atomic mass is 9.84. The smallest absolute Gasteiger partial charge is 0.236 e. The quantitative estimate of drug-likeness (QED) is 0.933. The Labute approximate surface area is 116 Å². The van der Waals surface area contributed by atoms with E-state index in [1.165, 1.54) is 11.3 Å². The number of nitrogens with zero attached hydrogens (tertiary/aromatic N) is 1. The summed E-state index contributed by atoms with van der Waals surface area (Å²) in [7, 11) is 1.62. The summed E-state index contributed by atoms with van der Waals surface area (Å²) < 4.78 is 5.12. The van der Waals surface area contributed by atoms with E-state index in [0.29, 0.717) is 5.13 Å². The SMILES string of the molecule is COc1ccc(C(C)(C)C(=O)Nc2nccs2)cc1. The normalized spacial score (nSPS) is 11.1. The second-order valence-corrected chi connectivity index (χ2v) is 5.54. The third-order valence-electron chi connectivity index (χ3n) is 3.03. The summed E-state index contributed by atoms with van der Waals surface area (Å²) in [5.41, 5.74) is 0.306. The highest BCUT2D eigenvalue weighted by atomic mass is 32.1. The molecule has 2 aromatic rings. The molecule has 100 valence electrons. The molecule has 5 heteroatoms. The Hall–Kier alpha value is -1.88. The molecule has 19 heavy (non-hydrogen) atoms. The molecular formula is C14H16N2O2S. The highest BCUT2D eigenvalue weighted by Gasteiger charge is 2.30. The minimum atomic E-state index is -0.627. The summed E-state index contributed by atoms with van der Waals surface area (Å²) in [4.78, 5) is 16.4. The van der Waals surface area contributed by atoms with Crippen LogP contribution in [0.25, 0.3) is 0 Å². The first-order chi connectivity index (χ1) is 9.04. The largest absolute Gasteiger partial charge is 0.497 e. The molecular weight excluding hydrogens is 260 g/mol. The van der Waals surface area contributed by atoms with Crippen molar-refractivity contribution in [1.82, 2.24) is 4.98 Å². The summed E-state index contributed by atoms with van der Waals surface area (Å²) in [5, 5.41) is 5.27. The van der Waals surface area contributed by atoms with Gasteiger partial charge in [-0.05, 0) is 31.5 Å². The number of carbonyl (C=O) groups is 1. The number of benzene rings is 1. The van der Waals surface area contributed by atoms with Gasteiger partial charge in [-0.3, -0.25) is 4.79 Å². The highest BCUT2D eigenvalue weighted by Crippen LogP contribution is 2.27. The van der Waals surface area contributed by atoms with Gasteiger partial charge in [0.2, 0.25) is 5.91 Å². The van der Waals surface area contributed by atoms with Crippen molar-refractivity contribution in [2.75, 3.05) is 12.4 Å². The Morgan fingerprint density at radius 3 is 2.53 bits per heavy atom. The van der Waals surface area contributed by atoms with Crippen molar-refractivity contribution in [3.63, 3.8) is 0 Å². The van der Waals surface area contributed by atoms with Crippen molar-refractivity contribution in [3.05, 3.63) is 41.4 Å². The van der Waals surface area contributed by atoms with Gasteiger partial charge in [0, 0.05) is 11.6 Å². The van der Waals surface area contributed by atoms with E-state index in [1.54, 1.807) is 13.3 Å². The molecule has 0 aliphatic rings. The molecule has 4 nitrogen and oxygen atoms in total. The van der Waals surface area contributed by atoms with Crippen molar-refractivity contribution in [3.8, 4) is 5.75 Å². The molecule has 1 amide bonds. The molecule has 0 radical (unpaired) electrons. The first-order valence-electron chi connectivity index (χ1n) is 5.89. The third-order valence-corrected chi connectivity index (χ3v) is 3.72. The molecule has 1 N–H and O–H groups in total. The molecule has 0 saturated heterocycles. The zero-order valence-electron chi connectivity index (χ0n) is 11.1. The van der Waals surface area contributed by atoms with Crippen LogP contribution >= 0.6 is 11.3 Å². The predicted molar refractivity (Wildman–Crippen MR) is 76.8 cm³/mol. The van der Waals surface area contributed by atoms with Gasteiger partial charge in [0.25, 0.3) is 0 Å². The maximum Gasteiger partial charge on any atom is 0.236 e. The minimum absolute atomic E-state index is 0.0763. The number of hydrogen-bond acceptors (Lipinski definition) is 4. The molecule has 0 bridgehead atoms. The lowest BCUT2D eigenvalue weighted by molar-refractivity contribution is -0.120. The minimum Gasteiger partial charge on any atom is -0.497 e. The van der Waals surface area contributed by atoms with Crippen molar-refractivity contribution in [2.24, 2.45) is 0 Å². The van der Waals surface area contributed by atoms with Crippen LogP contribution in [0.15, 0.2) is 35.8 Å². The van der Waals surface area contributed by atoms with Crippen molar-refractivity contribution in [1.29, 1.82) is 0 Å². The number of hydrogen-bond donors (Lipinski definition) is 1. The molecule has 0 spiro atoms. The van der Waals surface area contributed by atoms with E-state index in [2.05, 4.69) is 10.3 Å². The van der Waals surface area contributed by atoms with Crippen LogP contribution in [0.1, 0.15) is 19.4 Å². The van der Waals surface area contributed by atoms with Crippen LogP contribution < -0.4 is 10.1 Å². The van der Waals surface area contributed by atoms with Crippen LogP contribution in [0.5, 0.6) is 5.75 Å². The summed E-state index contributed by atoms with van der Waals surface area (Å²) in [6, 6.07) is 7.52. The van der Waals surface area contributed by atoms with Crippen LogP contribution in [-0.4, -0.2) is 18.0 Å². The second-order valence-electron chi connectivity index (χ2n) is 4.64. The Bertz CT molecular complexity index is 547. The van der Waals surface area contributed by atoms with Crippen molar-refractivity contribution in [2.45, 2.75) is 19.3 Å². The number of anilines is 1. The van der Waals surface area contributed by atoms with Gasteiger partial charge in [-0.25, -0.2) is 4.98 Å². The number of rotatable bonds is 4. The van der Waals surface area contributed by atoms with Crippen molar-refractivity contribution >= 4 is 22.4 Å². The van der Waals surface area contributed by atoms with Gasteiger partial charge in [-0.1, -0.05) is 12.1 Å². The van der Waals surface area contributed by atoms with Crippen LogP contribution in [0.3, 0.4) is 0 Å². The lowest BCUT2D eigenvalue weighted by Crippen LogP contribution is -2.34. The number of ether oxygens (including phenoxy) is 1. The molecule has 1 aromatic carbocycles. The van der Waals surface area contributed by atoms with Crippen LogP contribution in [-0.2, 0) is 10.2 Å². The molecule has 0 atom stereocenters. The van der Waals surface area contributed by atoms with Gasteiger partial charge in [-0.2, -0.15) is 0 Å². The monoisotopic (exact) mass is 276 g/mol. The average molecular weight is 276 g/mol. The summed E-state index contributed by atoms with van der Waals surface area (Å²) in [6.45, 7) is 3.77. The van der Waals surface area contributed by atoms with Gasteiger partial charge >= 0.3 is 0 Å². The number of nitrogens with one attached hydrogen (secondary N) is 1. The van der Waals surface area contributed by atoms with E-state index < -0.39 is 5.41 Å². The molecule has 0 fully saturated rings. The Kier molecular flexibility index (Phi) is 3.85. The van der Waals surface area contributed by atoms with Crippen LogP contribution in [0.4, 0.5) is 5.13 Å². The lowest BCUT2D eigenvalue weighted by Gasteiger charge is -2.23. The fraction of sp³-hybridized carbons (Fsp3) is 0.286. The number of methoxy groups -OCH3 is 1. The Morgan fingerprint density at radius 1 is 1.32 bits per heavy atom. The van der Waals surface area contributed by atoms with Gasteiger partial charge in [-0.15, -0.1) is 11.3 Å². The number of carbonyl (C=O) groups excluding carboxylic acids is 1. The first kappa shape index (κ1) is 13.5. The van der Waals surface area contributed by atoms with E-state index in [1.807, 2.05) is 43.5 Å². The molecule has 1 aromatic heterocycles. The average Bonchev–Trinajstić information content (AvgIpc) is 2.91. The topological polar surface area (TPSA) is 51.2 Å². The highest BCUT2D eigenvalue weighted by molar-refractivity contribution is 7.13. The molecule has 1 heterocycles. The van der Waals surface area contributed by atoms with E-state index in [4.69, 9.17) is 4.74 Å². The molecule has 0 aliphatic carbocycles. The third kappa shape index (κ3) is 2.93. The molecule has 0 aliphatic heterocycles. The van der Waals surface area contributed by atoms with E-state index in [-0.39, 0.29) is 5.91 Å². The maximum atomic E-state index is 12.3. The zero-order chi connectivity index (χ0) is 13.9. The van der Waals surface area contributed by atoms with E-state index in [9.17, 15) is 4.79 Å². The standard InChI is InChI=1S/C14H16N2O2S/c1-14(2,10-4-6-11(18-3)7-5-10)12(17)16-13-15-8-9-19-13/h4-9H,1-3H3,(H,15,16,17). The van der Waals surface area contributed by atoms with E-state index >= 15 is 0 Å². The molecule has 2 rings (SSSR count). The van der Waals surface area contributed by atoms with Gasteiger partial charge in [0.15, 0.2) is 5.13 Å². The van der Waals surface area contributed by atoms with Crippen molar-refractivity contribution < 1.29 is 9.53 Å². The Balaban J connectivity index is 2.17. The van der Waals surface area contributed by atoms with Gasteiger partial charge in [0.1, 0.15) is 5.75 Å². The molecule has 0 unspecified atom stereocenters. The predicted octanol–water partition coefficient (Wildman–Crippen LogP) is 3.07. The number of amides is 1. The molecule has 0 saturated carbocycles. The zero-order valence-corrected chi connectivity index (χ0v) is 12.0. The summed E-state index contributed by atoms with van der Waals surface area (Å²) >= 11 is 1.41. The number of thiazole rings is 1. The maximum absolute atomic E-state index is 12.3. The first-order valence-corrected chi connectivity index (χ1v) is 6.77. The Morgan fingerprint density at radius 2 is 2.00 bits per heavy atom. The van der Waals surface area contributed by atoms with Gasteiger partial charge < -0.3 is 10.1 Å². The van der Waals surface area contributed by atoms with Crippen LogP contribution in [0.2, 0.25) is 0 Å². The summed E-state index contributed by atoms with van der Waals surface area (Å²) in [5.74, 6) is 0.701. The summed E-state index contributed by atoms with van der Waals surface area (Å²) in [6.07, 6.45) is 1.67. The fourth-order valence-electron chi connectivity index (χ4n) is 1.68. The second kappa shape index (κ2) is 5.40. The number of aromatic nitrogens is 1. The van der Waals surface area contributed by atoms with Crippen LogP contribution in [0, 0.1) is 0 Å². The van der Waals surface area contributed by atoms with Gasteiger partial charge in [0.05, 0.1) is 12.5 Å².